The molecule has 0 aliphatic carbocycles. The van der Waals surface area contributed by atoms with Crippen molar-refractivity contribution in [3.05, 3.63) is 0 Å². The molecule has 0 aromatic heterocycles. The molecule has 0 radical (unpaired) electrons. The van der Waals surface area contributed by atoms with Crippen LogP contribution in [-0.2, 0) is 4.79 Å². The monoisotopic (exact) mass is 165 g/mol. The molecule has 0 amide bonds. The molecule has 0 spiro atoms. The predicted molar refractivity (Wildman–Crippen MR) is 40.5 cm³/mol. The maximum Gasteiger partial charge on any atom is 0.303 e. The lowest BCUT2D eigenvalue weighted by molar-refractivity contribution is -0.137. The molecule has 4 heteroatoms. The van der Waals surface area contributed by atoms with Gasteiger partial charge in [-0.25, -0.2) is 0 Å². The first-order chi connectivity index (χ1) is 4.29. The molecular formula is C6H12ClNO2. The molecule has 0 aromatic carbocycles. The van der Waals surface area contributed by atoms with Gasteiger partial charge in [-0.15, -0.1) is 12.4 Å². The molecule has 1 aliphatic rings. The highest BCUT2D eigenvalue weighted by Crippen LogP contribution is 2.09. The molecule has 1 aliphatic heterocycles. The van der Waals surface area contributed by atoms with Crippen molar-refractivity contribution >= 4 is 18.4 Å². The Morgan fingerprint density at radius 1 is 1.60 bits per heavy atom. The van der Waals surface area contributed by atoms with E-state index < -0.39 is 5.97 Å². The van der Waals surface area contributed by atoms with Crippen LogP contribution >= 0.6 is 12.4 Å². The van der Waals surface area contributed by atoms with E-state index in [0.717, 1.165) is 19.5 Å². The summed E-state index contributed by atoms with van der Waals surface area (Å²) < 4.78 is 0. The molecule has 0 aromatic rings. The summed E-state index contributed by atoms with van der Waals surface area (Å²) in [5, 5.41) is 11.4. The Balaban J connectivity index is 0.000000810. The normalized spacial score (nSPS) is 17.2. The van der Waals surface area contributed by atoms with Gasteiger partial charge in [-0.2, -0.15) is 0 Å². The van der Waals surface area contributed by atoms with E-state index in [2.05, 4.69) is 5.32 Å². The lowest BCUT2D eigenvalue weighted by Crippen LogP contribution is -2.41. The average Bonchev–Trinajstić information content (AvgIpc) is 1.60. The number of hydrogen-bond donors (Lipinski definition) is 2. The topological polar surface area (TPSA) is 49.3 Å². The number of halogens is 1. The second-order valence-electron chi connectivity index (χ2n) is 2.46. The van der Waals surface area contributed by atoms with E-state index in [1.54, 1.807) is 0 Å². The van der Waals surface area contributed by atoms with Crippen LogP contribution in [0.25, 0.3) is 0 Å². The van der Waals surface area contributed by atoms with Crippen LogP contribution in [0, 0.1) is 5.92 Å². The van der Waals surface area contributed by atoms with Gasteiger partial charge in [0.1, 0.15) is 0 Å². The fraction of sp³-hybridized carbons (Fsp3) is 0.833. The Morgan fingerprint density at radius 3 is 2.50 bits per heavy atom. The third kappa shape index (κ3) is 3.03. The van der Waals surface area contributed by atoms with E-state index in [9.17, 15) is 4.79 Å². The van der Waals surface area contributed by atoms with Crippen molar-refractivity contribution in [2.24, 2.45) is 5.92 Å². The standard InChI is InChI=1S/C6H11NO2.ClH/c8-6(9)2-1-5-3-7-4-5;/h5,7H,1-4H2,(H,8,9);1H. The van der Waals surface area contributed by atoms with Crippen molar-refractivity contribution in [1.29, 1.82) is 0 Å². The third-order valence-electron chi connectivity index (χ3n) is 1.63. The quantitative estimate of drug-likeness (QED) is 0.640. The molecule has 2 N–H and O–H groups in total. The van der Waals surface area contributed by atoms with Crippen LogP contribution in [0.1, 0.15) is 12.8 Å². The van der Waals surface area contributed by atoms with Gasteiger partial charge in [0.25, 0.3) is 0 Å². The van der Waals surface area contributed by atoms with Crippen molar-refractivity contribution in [3.8, 4) is 0 Å². The smallest absolute Gasteiger partial charge is 0.303 e. The van der Waals surface area contributed by atoms with Gasteiger partial charge in [-0.05, 0) is 25.4 Å². The molecule has 10 heavy (non-hydrogen) atoms. The van der Waals surface area contributed by atoms with Crippen LogP contribution in [0.3, 0.4) is 0 Å². The van der Waals surface area contributed by atoms with Crippen LogP contribution in [0.15, 0.2) is 0 Å². The van der Waals surface area contributed by atoms with Crippen LogP contribution in [-0.4, -0.2) is 24.2 Å². The first-order valence-electron chi connectivity index (χ1n) is 3.21. The summed E-state index contributed by atoms with van der Waals surface area (Å²) in [7, 11) is 0. The van der Waals surface area contributed by atoms with Gasteiger partial charge in [0.05, 0.1) is 0 Å². The fourth-order valence-corrected chi connectivity index (χ4v) is 0.880. The van der Waals surface area contributed by atoms with Crippen molar-refractivity contribution in [1.82, 2.24) is 5.32 Å². The summed E-state index contributed by atoms with van der Waals surface area (Å²) in [6.07, 6.45) is 1.16. The summed E-state index contributed by atoms with van der Waals surface area (Å²) >= 11 is 0. The minimum atomic E-state index is -0.679. The molecule has 0 saturated carbocycles. The van der Waals surface area contributed by atoms with Crippen molar-refractivity contribution in [3.63, 3.8) is 0 Å². The molecule has 60 valence electrons. The van der Waals surface area contributed by atoms with Crippen molar-refractivity contribution in [2.75, 3.05) is 13.1 Å². The molecule has 1 rings (SSSR count). The molecule has 0 unspecified atom stereocenters. The number of hydrogen-bond acceptors (Lipinski definition) is 2. The van der Waals surface area contributed by atoms with Gasteiger partial charge in [0.2, 0.25) is 0 Å². The number of nitrogens with one attached hydrogen (secondary N) is 1. The Morgan fingerprint density at radius 2 is 2.20 bits per heavy atom. The first-order valence-corrected chi connectivity index (χ1v) is 3.21. The summed E-state index contributed by atoms with van der Waals surface area (Å²) in [5.74, 6) is -0.0528. The highest BCUT2D eigenvalue weighted by molar-refractivity contribution is 5.85. The zero-order valence-corrected chi connectivity index (χ0v) is 6.49. The van der Waals surface area contributed by atoms with Crippen molar-refractivity contribution < 1.29 is 9.90 Å². The number of carbonyl (C=O) groups is 1. The van der Waals surface area contributed by atoms with E-state index in [0.29, 0.717) is 12.3 Å². The maximum absolute atomic E-state index is 10.0. The molecule has 3 nitrogen and oxygen atoms in total. The Kier molecular flexibility index (Phi) is 4.40. The van der Waals surface area contributed by atoms with Gasteiger partial charge in [-0.1, -0.05) is 0 Å². The molecule has 1 fully saturated rings. The fourth-order valence-electron chi connectivity index (χ4n) is 0.880. The molecular weight excluding hydrogens is 154 g/mol. The van der Waals surface area contributed by atoms with Crippen molar-refractivity contribution in [2.45, 2.75) is 12.8 Å². The van der Waals surface area contributed by atoms with E-state index in [4.69, 9.17) is 5.11 Å². The minimum absolute atomic E-state index is 0. The number of carboxylic acids is 1. The Labute approximate surface area is 66.2 Å². The van der Waals surface area contributed by atoms with E-state index >= 15 is 0 Å². The van der Waals surface area contributed by atoms with Crippen LogP contribution in [0.2, 0.25) is 0 Å². The number of aliphatic carboxylic acids is 1. The number of rotatable bonds is 3. The summed E-state index contributed by atoms with van der Waals surface area (Å²) in [5.41, 5.74) is 0. The first kappa shape index (κ1) is 9.72. The highest BCUT2D eigenvalue weighted by Gasteiger charge is 2.16. The SMILES string of the molecule is Cl.O=C(O)CCC1CNC1. The lowest BCUT2D eigenvalue weighted by Gasteiger charge is -2.26. The second kappa shape index (κ2) is 4.52. The molecule has 1 saturated heterocycles. The third-order valence-corrected chi connectivity index (χ3v) is 1.63. The highest BCUT2D eigenvalue weighted by atomic mass is 35.5. The van der Waals surface area contributed by atoms with Gasteiger partial charge >= 0.3 is 5.97 Å². The summed E-state index contributed by atoms with van der Waals surface area (Å²) in [6, 6.07) is 0. The lowest BCUT2D eigenvalue weighted by atomic mass is 9.98. The largest absolute Gasteiger partial charge is 0.481 e. The van der Waals surface area contributed by atoms with Gasteiger partial charge in [0.15, 0.2) is 0 Å². The number of carboxylic acid groups (broad SMARTS) is 1. The average molecular weight is 166 g/mol. The van der Waals surface area contributed by atoms with Gasteiger partial charge < -0.3 is 10.4 Å². The molecule has 0 atom stereocenters. The predicted octanol–water partition coefficient (Wildman–Crippen LogP) is 0.492. The van der Waals surface area contributed by atoms with E-state index in [1.165, 1.54) is 0 Å². The van der Waals surface area contributed by atoms with Gasteiger partial charge in [0, 0.05) is 6.42 Å². The Bertz CT molecular complexity index is 114. The maximum atomic E-state index is 10.0. The zero-order valence-electron chi connectivity index (χ0n) is 5.67. The van der Waals surface area contributed by atoms with E-state index in [-0.39, 0.29) is 12.4 Å². The zero-order chi connectivity index (χ0) is 6.69. The van der Waals surface area contributed by atoms with Gasteiger partial charge in [-0.3, -0.25) is 4.79 Å². The summed E-state index contributed by atoms with van der Waals surface area (Å²) in [6.45, 7) is 2.01. The summed E-state index contributed by atoms with van der Waals surface area (Å²) in [4.78, 5) is 10.0. The molecule has 0 bridgehead atoms. The van der Waals surface area contributed by atoms with Crippen LogP contribution in [0.4, 0.5) is 0 Å². The van der Waals surface area contributed by atoms with E-state index in [1.807, 2.05) is 0 Å². The Hall–Kier alpha value is -0.280. The molecule has 1 heterocycles. The van der Waals surface area contributed by atoms with Crippen LogP contribution < -0.4 is 5.32 Å². The minimum Gasteiger partial charge on any atom is -0.481 e. The second-order valence-corrected chi connectivity index (χ2v) is 2.46. The van der Waals surface area contributed by atoms with Crippen LogP contribution in [0.5, 0.6) is 0 Å².